The van der Waals surface area contributed by atoms with Crippen molar-refractivity contribution in [3.63, 3.8) is 0 Å². The summed E-state index contributed by atoms with van der Waals surface area (Å²) in [6, 6.07) is 4.84. The molecule has 1 aromatic carbocycles. The van der Waals surface area contributed by atoms with Crippen LogP contribution in [0, 0.1) is 10.1 Å². The molecule has 0 aromatic heterocycles. The molecule has 0 atom stereocenters. The van der Waals surface area contributed by atoms with Gasteiger partial charge in [0, 0.05) is 50.0 Å². The fourth-order valence-corrected chi connectivity index (χ4v) is 2.83. The fraction of sp³-hybridized carbons (Fsp3) is 0.571. The zero-order valence-electron chi connectivity index (χ0n) is 12.0. The largest absolute Gasteiger partial charge is 0.427 e. The fourth-order valence-electron chi connectivity index (χ4n) is 2.83. The van der Waals surface area contributed by atoms with Gasteiger partial charge in [-0.1, -0.05) is 0 Å². The standard InChI is InChI=1S/C14H17F2N3O3/c15-14(16)22-13-9-11(3-4-12(13)19(20)21)18-7-5-17(6-8-18)10-1-2-10/h3-4,9-10,14H,1-2,5-8H2. The lowest BCUT2D eigenvalue weighted by molar-refractivity contribution is -0.386. The minimum Gasteiger partial charge on any atom is -0.427 e. The summed E-state index contributed by atoms with van der Waals surface area (Å²) in [5.41, 5.74) is 0.234. The van der Waals surface area contributed by atoms with Gasteiger partial charge in [-0.05, 0) is 18.9 Å². The third-order valence-corrected chi connectivity index (χ3v) is 4.10. The zero-order chi connectivity index (χ0) is 15.7. The third kappa shape index (κ3) is 3.27. The lowest BCUT2D eigenvalue weighted by Crippen LogP contribution is -2.47. The van der Waals surface area contributed by atoms with Crippen LogP contribution in [0.25, 0.3) is 0 Å². The first kappa shape index (κ1) is 15.0. The van der Waals surface area contributed by atoms with E-state index in [1.807, 2.05) is 4.90 Å². The molecule has 1 saturated carbocycles. The minimum atomic E-state index is -3.08. The van der Waals surface area contributed by atoms with E-state index >= 15 is 0 Å². The molecule has 2 fully saturated rings. The molecule has 0 amide bonds. The van der Waals surface area contributed by atoms with Gasteiger partial charge in [-0.15, -0.1) is 0 Å². The van der Waals surface area contributed by atoms with Gasteiger partial charge in [0.1, 0.15) is 0 Å². The van der Waals surface area contributed by atoms with E-state index in [0.717, 1.165) is 26.2 Å². The highest BCUT2D eigenvalue weighted by atomic mass is 19.3. The number of rotatable bonds is 5. The molecule has 22 heavy (non-hydrogen) atoms. The second kappa shape index (κ2) is 6.04. The number of nitrogens with zero attached hydrogens (tertiary/aromatic N) is 3. The highest BCUT2D eigenvalue weighted by molar-refractivity contribution is 5.59. The van der Waals surface area contributed by atoms with E-state index in [0.29, 0.717) is 11.7 Å². The van der Waals surface area contributed by atoms with Crippen molar-refractivity contribution in [3.05, 3.63) is 28.3 Å². The van der Waals surface area contributed by atoms with Gasteiger partial charge in [-0.25, -0.2) is 0 Å². The molecule has 2 aliphatic rings. The Hall–Kier alpha value is -1.96. The van der Waals surface area contributed by atoms with Crippen LogP contribution < -0.4 is 9.64 Å². The molecular formula is C14H17F2N3O3. The predicted octanol–water partition coefficient (Wildman–Crippen LogP) is 2.48. The van der Waals surface area contributed by atoms with Crippen LogP contribution in [0.5, 0.6) is 5.75 Å². The Kier molecular flexibility index (Phi) is 4.10. The van der Waals surface area contributed by atoms with Crippen LogP contribution >= 0.6 is 0 Å². The summed E-state index contributed by atoms with van der Waals surface area (Å²) in [4.78, 5) is 14.6. The summed E-state index contributed by atoms with van der Waals surface area (Å²) in [7, 11) is 0. The average molecular weight is 313 g/mol. The highest BCUT2D eigenvalue weighted by Crippen LogP contribution is 2.34. The van der Waals surface area contributed by atoms with Crippen molar-refractivity contribution < 1.29 is 18.4 Å². The van der Waals surface area contributed by atoms with E-state index in [9.17, 15) is 18.9 Å². The summed E-state index contributed by atoms with van der Waals surface area (Å²) >= 11 is 0. The van der Waals surface area contributed by atoms with Crippen molar-refractivity contribution in [2.75, 3.05) is 31.1 Å². The first-order valence-corrected chi connectivity index (χ1v) is 7.27. The van der Waals surface area contributed by atoms with Crippen LogP contribution in [0.3, 0.4) is 0 Å². The van der Waals surface area contributed by atoms with Crippen LogP contribution in [-0.2, 0) is 0 Å². The van der Waals surface area contributed by atoms with Gasteiger partial charge in [0.15, 0.2) is 0 Å². The Morgan fingerprint density at radius 3 is 2.45 bits per heavy atom. The Morgan fingerprint density at radius 2 is 1.91 bits per heavy atom. The molecule has 120 valence electrons. The maximum atomic E-state index is 12.4. The maximum Gasteiger partial charge on any atom is 0.387 e. The molecular weight excluding hydrogens is 296 g/mol. The summed E-state index contributed by atoms with van der Waals surface area (Å²) < 4.78 is 29.1. The number of nitro benzene ring substituents is 1. The van der Waals surface area contributed by atoms with E-state index in [4.69, 9.17) is 0 Å². The molecule has 0 N–H and O–H groups in total. The first-order valence-electron chi connectivity index (χ1n) is 7.27. The number of nitro groups is 1. The van der Waals surface area contributed by atoms with Crippen molar-refractivity contribution in [3.8, 4) is 5.75 Å². The molecule has 8 heteroatoms. The van der Waals surface area contributed by atoms with Crippen LogP contribution in [0.2, 0.25) is 0 Å². The maximum absolute atomic E-state index is 12.4. The second-order valence-corrected chi connectivity index (χ2v) is 5.54. The number of ether oxygens (including phenoxy) is 1. The Morgan fingerprint density at radius 1 is 1.23 bits per heavy atom. The summed E-state index contributed by atoms with van der Waals surface area (Å²) in [6.45, 7) is 0.324. The van der Waals surface area contributed by atoms with Gasteiger partial charge >= 0.3 is 12.3 Å². The van der Waals surface area contributed by atoms with Gasteiger partial charge in [0.2, 0.25) is 5.75 Å². The predicted molar refractivity (Wildman–Crippen MR) is 76.5 cm³/mol. The van der Waals surface area contributed by atoms with Crippen LogP contribution in [-0.4, -0.2) is 48.7 Å². The number of hydrogen-bond acceptors (Lipinski definition) is 5. The van der Waals surface area contributed by atoms with Crippen LogP contribution in [0.4, 0.5) is 20.2 Å². The average Bonchev–Trinajstić information content (AvgIpc) is 3.31. The molecule has 1 aliphatic heterocycles. The number of alkyl halides is 2. The molecule has 1 heterocycles. The normalized spacial score (nSPS) is 19.5. The number of anilines is 1. The SMILES string of the molecule is O=[N+]([O-])c1ccc(N2CCN(C3CC3)CC2)cc1OC(F)F. The summed E-state index contributed by atoms with van der Waals surface area (Å²) in [5.74, 6) is -0.387. The lowest BCUT2D eigenvalue weighted by atomic mass is 10.2. The summed E-state index contributed by atoms with van der Waals surface area (Å²) in [5, 5.41) is 10.9. The van der Waals surface area contributed by atoms with Crippen molar-refractivity contribution in [2.45, 2.75) is 25.5 Å². The summed E-state index contributed by atoms with van der Waals surface area (Å²) in [6.07, 6.45) is 2.51. The van der Waals surface area contributed by atoms with Crippen molar-refractivity contribution in [2.24, 2.45) is 0 Å². The highest BCUT2D eigenvalue weighted by Gasteiger charge is 2.31. The molecule has 0 unspecified atom stereocenters. The quantitative estimate of drug-likeness (QED) is 0.617. The van der Waals surface area contributed by atoms with Crippen molar-refractivity contribution in [1.82, 2.24) is 4.90 Å². The van der Waals surface area contributed by atoms with E-state index in [1.165, 1.54) is 25.0 Å². The van der Waals surface area contributed by atoms with Gasteiger partial charge in [0.25, 0.3) is 0 Å². The number of piperazine rings is 1. The smallest absolute Gasteiger partial charge is 0.387 e. The lowest BCUT2D eigenvalue weighted by Gasteiger charge is -2.36. The number of hydrogen-bond donors (Lipinski definition) is 0. The Balaban J connectivity index is 1.74. The molecule has 0 radical (unpaired) electrons. The number of halogens is 2. The molecule has 1 saturated heterocycles. The van der Waals surface area contributed by atoms with Crippen molar-refractivity contribution in [1.29, 1.82) is 0 Å². The Labute approximate surface area is 126 Å². The minimum absolute atomic E-state index is 0.387. The van der Waals surface area contributed by atoms with Gasteiger partial charge in [-0.3, -0.25) is 15.0 Å². The monoisotopic (exact) mass is 313 g/mol. The second-order valence-electron chi connectivity index (χ2n) is 5.54. The van der Waals surface area contributed by atoms with Gasteiger partial charge in [0.05, 0.1) is 4.92 Å². The molecule has 3 rings (SSSR count). The van der Waals surface area contributed by atoms with Gasteiger partial charge in [-0.2, -0.15) is 8.78 Å². The van der Waals surface area contributed by atoms with E-state index in [2.05, 4.69) is 9.64 Å². The van der Waals surface area contributed by atoms with Crippen LogP contribution in [0.1, 0.15) is 12.8 Å². The van der Waals surface area contributed by atoms with E-state index in [-0.39, 0.29) is 5.75 Å². The Bertz CT molecular complexity index is 558. The first-order chi connectivity index (χ1) is 10.5. The third-order valence-electron chi connectivity index (χ3n) is 4.10. The van der Waals surface area contributed by atoms with E-state index < -0.39 is 17.2 Å². The van der Waals surface area contributed by atoms with E-state index in [1.54, 1.807) is 6.07 Å². The molecule has 0 bridgehead atoms. The number of benzene rings is 1. The molecule has 0 spiro atoms. The molecule has 1 aromatic rings. The molecule has 1 aliphatic carbocycles. The van der Waals surface area contributed by atoms with Crippen molar-refractivity contribution >= 4 is 11.4 Å². The molecule has 6 nitrogen and oxygen atoms in total. The zero-order valence-corrected chi connectivity index (χ0v) is 12.0. The van der Waals surface area contributed by atoms with Gasteiger partial charge < -0.3 is 9.64 Å². The van der Waals surface area contributed by atoms with Crippen LogP contribution in [0.15, 0.2) is 18.2 Å². The topological polar surface area (TPSA) is 58.9 Å².